The van der Waals surface area contributed by atoms with Gasteiger partial charge < -0.3 is 51.6 Å². The molecule has 0 aliphatic rings. The van der Waals surface area contributed by atoms with Crippen LogP contribution >= 0.6 is 0 Å². The molecule has 0 saturated heterocycles. The number of carbonyl (C=O) groups excluding carboxylic acids is 4. The summed E-state index contributed by atoms with van der Waals surface area (Å²) in [5, 5.41) is 23.7. The number of nitrogens with one attached hydrogen (secondary N) is 6. The Morgan fingerprint density at radius 2 is 1.20 bits per heavy atom. The predicted molar refractivity (Wildman–Crippen MR) is 274 cm³/mol. The number of aliphatic carboxylic acids is 1. The number of ether oxygens (including phenoxy) is 3. The molecule has 394 valence electrons. The maximum absolute atomic E-state index is 12.8. The highest BCUT2D eigenvalue weighted by atomic mass is 16.5. The van der Waals surface area contributed by atoms with Crippen molar-refractivity contribution >= 4 is 52.4 Å². The van der Waals surface area contributed by atoms with Crippen LogP contribution in [0.25, 0.3) is 11.2 Å². The van der Waals surface area contributed by atoms with Crippen LogP contribution in [0.1, 0.15) is 151 Å². The second-order valence-electron chi connectivity index (χ2n) is 17.4. The van der Waals surface area contributed by atoms with Gasteiger partial charge in [-0.2, -0.15) is 4.98 Å². The first-order valence-corrected chi connectivity index (χ1v) is 25.6. The summed E-state index contributed by atoms with van der Waals surface area (Å²) in [6.07, 6.45) is 25.0. The van der Waals surface area contributed by atoms with Crippen molar-refractivity contribution in [2.24, 2.45) is 0 Å². The van der Waals surface area contributed by atoms with Crippen molar-refractivity contribution in [3.8, 4) is 0 Å². The van der Waals surface area contributed by atoms with E-state index in [0.717, 1.165) is 12.8 Å². The summed E-state index contributed by atoms with van der Waals surface area (Å²) in [5.74, 6) is -2.51. The van der Waals surface area contributed by atoms with Crippen LogP contribution in [0.15, 0.2) is 47.4 Å². The molecule has 0 fully saturated rings. The molecule has 0 saturated carbocycles. The lowest BCUT2D eigenvalue weighted by molar-refractivity contribution is -0.139. The van der Waals surface area contributed by atoms with E-state index in [4.69, 9.17) is 19.9 Å². The van der Waals surface area contributed by atoms with Crippen LogP contribution in [-0.2, 0) is 39.9 Å². The average molecular weight is 993 g/mol. The van der Waals surface area contributed by atoms with Crippen molar-refractivity contribution in [3.63, 3.8) is 0 Å². The molecule has 9 N–H and O–H groups in total. The summed E-state index contributed by atoms with van der Waals surface area (Å²) in [4.78, 5) is 88.1. The Morgan fingerprint density at radius 1 is 0.676 bits per heavy atom. The van der Waals surface area contributed by atoms with Gasteiger partial charge in [-0.1, -0.05) is 76.9 Å². The number of amides is 4. The van der Waals surface area contributed by atoms with E-state index in [1.807, 2.05) is 0 Å². The highest BCUT2D eigenvalue weighted by Crippen LogP contribution is 2.13. The Hall–Kier alpha value is -5.99. The predicted octanol–water partition coefficient (Wildman–Crippen LogP) is 5.87. The molecule has 4 amide bonds. The number of anilines is 2. The van der Waals surface area contributed by atoms with Crippen molar-refractivity contribution in [1.82, 2.24) is 41.2 Å². The van der Waals surface area contributed by atoms with E-state index in [1.54, 1.807) is 12.1 Å². The van der Waals surface area contributed by atoms with Gasteiger partial charge in [-0.05, 0) is 75.6 Å². The number of carbonyl (C=O) groups is 5. The Bertz CT molecular complexity index is 2090. The topological polar surface area (TPSA) is 291 Å². The van der Waals surface area contributed by atoms with Crippen molar-refractivity contribution < 1.29 is 43.3 Å². The molecular formula is C51H80N10O10. The van der Waals surface area contributed by atoms with E-state index in [-0.39, 0.29) is 72.6 Å². The molecule has 1 aromatic carbocycles. The van der Waals surface area contributed by atoms with E-state index < -0.39 is 23.5 Å². The van der Waals surface area contributed by atoms with E-state index in [9.17, 15) is 33.9 Å². The van der Waals surface area contributed by atoms with Gasteiger partial charge in [0.2, 0.25) is 23.7 Å². The monoisotopic (exact) mass is 993 g/mol. The number of aromatic nitrogens is 4. The number of benzene rings is 1. The number of hydrogen-bond donors (Lipinski definition) is 8. The van der Waals surface area contributed by atoms with Crippen molar-refractivity contribution in [1.29, 1.82) is 0 Å². The molecule has 0 radical (unpaired) electrons. The van der Waals surface area contributed by atoms with Gasteiger partial charge in [0.1, 0.15) is 6.04 Å². The Balaban J connectivity index is 1.06. The van der Waals surface area contributed by atoms with E-state index in [0.29, 0.717) is 83.5 Å². The van der Waals surface area contributed by atoms with Crippen molar-refractivity contribution in [2.45, 2.75) is 148 Å². The van der Waals surface area contributed by atoms with Crippen molar-refractivity contribution in [3.05, 3.63) is 64.2 Å². The fourth-order valence-corrected chi connectivity index (χ4v) is 7.20. The molecule has 0 bridgehead atoms. The van der Waals surface area contributed by atoms with Crippen LogP contribution in [0, 0.1) is 0 Å². The fourth-order valence-electron chi connectivity index (χ4n) is 7.20. The number of fused-ring (bicyclic) bond motifs is 1. The maximum Gasteiger partial charge on any atom is 0.326 e. The number of nitrogens with two attached hydrogens (primary N) is 1. The molecule has 20 heteroatoms. The van der Waals surface area contributed by atoms with E-state index >= 15 is 0 Å². The molecule has 0 aliphatic heterocycles. The van der Waals surface area contributed by atoms with Crippen LogP contribution in [0.2, 0.25) is 0 Å². The zero-order chi connectivity index (χ0) is 51.2. The first kappa shape index (κ1) is 59.3. The summed E-state index contributed by atoms with van der Waals surface area (Å²) >= 11 is 0. The quantitative estimate of drug-likeness (QED) is 0.0243. The minimum absolute atomic E-state index is 0.0533. The zero-order valence-electron chi connectivity index (χ0n) is 41.9. The number of hydrogen-bond acceptors (Lipinski definition) is 14. The number of nitrogens with zero attached hydrogens (tertiary/aromatic N) is 3. The van der Waals surface area contributed by atoms with Crippen LogP contribution in [0.3, 0.4) is 0 Å². The lowest BCUT2D eigenvalue weighted by Crippen LogP contribution is -2.41. The maximum atomic E-state index is 12.8. The molecule has 71 heavy (non-hydrogen) atoms. The number of carboxylic acid groups (broad SMARTS) is 1. The molecule has 0 spiro atoms. The lowest BCUT2D eigenvalue weighted by atomic mass is 10.1. The van der Waals surface area contributed by atoms with E-state index in [1.165, 1.54) is 95.4 Å². The number of aromatic amines is 1. The summed E-state index contributed by atoms with van der Waals surface area (Å²) in [7, 11) is 0. The van der Waals surface area contributed by atoms with Gasteiger partial charge in [0.25, 0.3) is 11.5 Å². The van der Waals surface area contributed by atoms with Gasteiger partial charge in [-0.25, -0.2) is 14.8 Å². The third-order valence-electron chi connectivity index (χ3n) is 11.3. The SMILES string of the molecule is CCCCCCCC/C=C\CCCCCCCCNC(=O)CCC(=O)NCCCOCCOCCOCCCNC(=O)CCC(NC(=O)c1ccc(NCc2cnc3nc(N)[nH]c(=O)c3n2)cc1)C(=O)O. The number of allylic oxidation sites excluding steroid dienone is 2. The minimum Gasteiger partial charge on any atom is -0.480 e. The van der Waals surface area contributed by atoms with Crippen LogP contribution < -0.4 is 37.9 Å². The van der Waals surface area contributed by atoms with Gasteiger partial charge in [0, 0.05) is 63.4 Å². The largest absolute Gasteiger partial charge is 0.480 e. The van der Waals surface area contributed by atoms with Gasteiger partial charge >= 0.3 is 5.97 Å². The van der Waals surface area contributed by atoms with Gasteiger partial charge in [0.05, 0.1) is 44.9 Å². The van der Waals surface area contributed by atoms with Crippen molar-refractivity contribution in [2.75, 3.05) is 70.3 Å². The smallest absolute Gasteiger partial charge is 0.326 e. The summed E-state index contributed by atoms with van der Waals surface area (Å²) in [5.41, 5.74) is 6.55. The number of H-pyrrole nitrogens is 1. The summed E-state index contributed by atoms with van der Waals surface area (Å²) in [6.45, 7) is 6.34. The second-order valence-corrected chi connectivity index (χ2v) is 17.4. The van der Waals surface area contributed by atoms with E-state index in [2.05, 4.69) is 65.6 Å². The highest BCUT2D eigenvalue weighted by Gasteiger charge is 2.22. The molecule has 3 rings (SSSR count). The highest BCUT2D eigenvalue weighted by molar-refractivity contribution is 5.97. The Morgan fingerprint density at radius 3 is 1.77 bits per heavy atom. The lowest BCUT2D eigenvalue weighted by Gasteiger charge is -2.15. The molecular weight excluding hydrogens is 913 g/mol. The third kappa shape index (κ3) is 28.5. The van der Waals surface area contributed by atoms with Gasteiger partial charge in [-0.3, -0.25) is 29.0 Å². The van der Waals surface area contributed by atoms with Gasteiger partial charge in [0.15, 0.2) is 11.2 Å². The minimum atomic E-state index is -1.27. The molecule has 1 atom stereocenters. The fraction of sp³-hybridized carbons (Fsp3) is 0.627. The molecule has 3 aromatic rings. The van der Waals surface area contributed by atoms with Crippen LogP contribution in [0.4, 0.5) is 11.6 Å². The number of carboxylic acids is 1. The first-order chi connectivity index (χ1) is 34.5. The summed E-state index contributed by atoms with van der Waals surface area (Å²) < 4.78 is 16.6. The normalized spacial score (nSPS) is 11.7. The average Bonchev–Trinajstić information content (AvgIpc) is 3.36. The number of rotatable bonds is 42. The summed E-state index contributed by atoms with van der Waals surface area (Å²) in [6, 6.07) is 5.05. The molecule has 2 aromatic heterocycles. The molecule has 0 aliphatic carbocycles. The molecule has 20 nitrogen and oxygen atoms in total. The van der Waals surface area contributed by atoms with Crippen LogP contribution in [-0.4, -0.2) is 120 Å². The molecule has 2 heterocycles. The number of nitrogen functional groups attached to an aromatic ring is 1. The van der Waals surface area contributed by atoms with Crippen LogP contribution in [0.5, 0.6) is 0 Å². The zero-order valence-corrected chi connectivity index (χ0v) is 41.9. The standard InChI is InChI=1S/C51H80N10O10/c1-2-3-4-5-6-7-8-9-10-11-12-13-14-15-16-17-28-53-44(63)26-27-45(64)55-30-19-32-70-34-36-71-35-33-69-31-18-29-54-43(62)25-24-42(50(67)68)59-48(65)39-20-22-40(23-21-39)56-37-41-38-57-47-46(58-41)49(66)61-51(52)60-47/h9-10,20-23,38,42,56H,2-8,11-19,24-37H2,1H3,(H,53,63)(H,54,62)(H,55,64)(H,59,65)(H,67,68)(H3,52,57,60,61,66)/b10-9-. The third-order valence-corrected chi connectivity index (χ3v) is 11.3. The second kappa shape index (κ2) is 37.8. The Labute approximate surface area is 418 Å². The Kier molecular flexibility index (Phi) is 31.6. The first-order valence-electron chi connectivity index (χ1n) is 25.6. The molecule has 1 unspecified atom stereocenters. The van der Waals surface area contributed by atoms with Gasteiger partial charge in [-0.15, -0.1) is 0 Å². The number of unbranched alkanes of at least 4 members (excludes halogenated alkanes) is 12.